The van der Waals surface area contributed by atoms with Crippen molar-refractivity contribution in [2.24, 2.45) is 0 Å². The number of methoxy groups -OCH3 is 1. The Morgan fingerprint density at radius 2 is 2.19 bits per heavy atom. The third-order valence-corrected chi connectivity index (χ3v) is 7.43. The quantitative estimate of drug-likeness (QED) is 0.631. The van der Waals surface area contributed by atoms with E-state index in [-0.39, 0.29) is 11.5 Å². The second-order valence-electron chi connectivity index (χ2n) is 7.56. The monoisotopic (exact) mass is 392 g/mol. The lowest BCUT2D eigenvalue weighted by Gasteiger charge is -2.24. The first-order valence-corrected chi connectivity index (χ1v) is 11.9. The molecule has 1 saturated heterocycles. The maximum absolute atomic E-state index is 11.8. The van der Waals surface area contributed by atoms with E-state index in [1.165, 1.54) is 30.3 Å². The van der Waals surface area contributed by atoms with Gasteiger partial charge in [0.25, 0.3) is 0 Å². The van der Waals surface area contributed by atoms with Gasteiger partial charge < -0.3 is 9.72 Å². The second kappa shape index (κ2) is 9.22. The van der Waals surface area contributed by atoms with Crippen LogP contribution in [0.15, 0.2) is 24.4 Å². The number of nitrogens with zero attached hydrogens (tertiary/aromatic N) is 1. The number of likely N-dealkylation sites (tertiary alicyclic amines) is 1. The van der Waals surface area contributed by atoms with Crippen molar-refractivity contribution in [3.8, 4) is 0 Å². The van der Waals surface area contributed by atoms with Crippen LogP contribution in [-0.2, 0) is 27.4 Å². The Bertz CT molecular complexity index is 844. The lowest BCUT2D eigenvalue weighted by Crippen LogP contribution is -2.32. The van der Waals surface area contributed by atoms with Crippen molar-refractivity contribution in [1.82, 2.24) is 9.88 Å². The minimum Gasteiger partial charge on any atom is -0.385 e. The second-order valence-corrected chi connectivity index (χ2v) is 10.0. The predicted octanol–water partition coefficient (Wildman–Crippen LogP) is 3.19. The molecule has 1 aromatic heterocycles. The molecule has 2 heterocycles. The minimum atomic E-state index is -2.93. The molecular weight excluding hydrogens is 360 g/mol. The number of benzene rings is 1. The zero-order valence-electron chi connectivity index (χ0n) is 16.5. The molecule has 3 rings (SSSR count). The number of rotatable bonds is 10. The molecule has 5 nitrogen and oxygen atoms in total. The van der Waals surface area contributed by atoms with Crippen LogP contribution < -0.4 is 0 Å². The van der Waals surface area contributed by atoms with Gasteiger partial charge >= 0.3 is 0 Å². The fraction of sp³-hybridized carbons (Fsp3) is 0.619. The minimum absolute atomic E-state index is 0.214. The summed E-state index contributed by atoms with van der Waals surface area (Å²) in [5.41, 5.74) is 3.58. The van der Waals surface area contributed by atoms with E-state index in [1.807, 2.05) is 6.07 Å². The number of sulfone groups is 1. The molecule has 6 heteroatoms. The summed E-state index contributed by atoms with van der Waals surface area (Å²) in [6.07, 6.45) is 7.35. The first kappa shape index (κ1) is 20.4. The van der Waals surface area contributed by atoms with Crippen LogP contribution in [0, 0.1) is 0 Å². The van der Waals surface area contributed by atoms with Crippen molar-refractivity contribution < 1.29 is 13.2 Å². The van der Waals surface area contributed by atoms with E-state index in [9.17, 15) is 8.42 Å². The number of H-pyrrole nitrogens is 1. The van der Waals surface area contributed by atoms with E-state index in [0.717, 1.165) is 37.1 Å². The van der Waals surface area contributed by atoms with Gasteiger partial charge in [-0.25, -0.2) is 8.42 Å². The summed E-state index contributed by atoms with van der Waals surface area (Å²) >= 11 is 0. The molecular formula is C21H32N2O3S. The van der Waals surface area contributed by atoms with Gasteiger partial charge in [0.1, 0.15) is 9.84 Å². The van der Waals surface area contributed by atoms with Crippen molar-refractivity contribution in [1.29, 1.82) is 0 Å². The zero-order valence-corrected chi connectivity index (χ0v) is 17.4. The van der Waals surface area contributed by atoms with Crippen LogP contribution in [0.3, 0.4) is 0 Å². The molecule has 1 aliphatic heterocycles. The molecule has 150 valence electrons. The topological polar surface area (TPSA) is 62.4 Å². The van der Waals surface area contributed by atoms with E-state index in [4.69, 9.17) is 4.74 Å². The Morgan fingerprint density at radius 1 is 1.33 bits per heavy atom. The summed E-state index contributed by atoms with van der Waals surface area (Å²) in [5, 5.41) is 1.24. The number of fused-ring (bicyclic) bond motifs is 1. The van der Waals surface area contributed by atoms with Gasteiger partial charge in [0.2, 0.25) is 0 Å². The lowest BCUT2D eigenvalue weighted by atomic mass is 10.0. The molecule has 0 unspecified atom stereocenters. The van der Waals surface area contributed by atoms with Gasteiger partial charge in [-0.1, -0.05) is 13.0 Å². The Kier molecular flexibility index (Phi) is 6.95. The van der Waals surface area contributed by atoms with Crippen molar-refractivity contribution >= 4 is 20.7 Å². The molecule has 1 aromatic carbocycles. The highest BCUT2D eigenvalue weighted by molar-refractivity contribution is 7.91. The average Bonchev–Trinajstić information content (AvgIpc) is 3.28. The first-order chi connectivity index (χ1) is 13.0. The molecule has 27 heavy (non-hydrogen) atoms. The van der Waals surface area contributed by atoms with Crippen LogP contribution in [0.4, 0.5) is 0 Å². The molecule has 1 atom stereocenters. The third kappa shape index (κ3) is 5.33. The Hall–Kier alpha value is -1.37. The highest BCUT2D eigenvalue weighted by Gasteiger charge is 2.25. The van der Waals surface area contributed by atoms with Gasteiger partial charge in [-0.3, -0.25) is 4.90 Å². The average molecular weight is 393 g/mol. The Morgan fingerprint density at radius 3 is 2.96 bits per heavy atom. The molecule has 0 spiro atoms. The van der Waals surface area contributed by atoms with Crippen molar-refractivity contribution in [3.05, 3.63) is 35.5 Å². The lowest BCUT2D eigenvalue weighted by molar-refractivity contribution is 0.167. The normalized spacial score (nSPS) is 18.5. The fourth-order valence-corrected chi connectivity index (χ4v) is 4.89. The maximum Gasteiger partial charge on any atom is 0.150 e. The third-order valence-electron chi connectivity index (χ3n) is 5.72. The number of ether oxygens (including phenoxy) is 1. The number of hydrogen-bond acceptors (Lipinski definition) is 4. The highest BCUT2D eigenvalue weighted by atomic mass is 32.2. The van der Waals surface area contributed by atoms with Gasteiger partial charge in [-0.15, -0.1) is 0 Å². The summed E-state index contributed by atoms with van der Waals surface area (Å²) in [4.78, 5) is 5.98. The number of aromatic nitrogens is 1. The Balaban J connectivity index is 1.70. The van der Waals surface area contributed by atoms with Crippen molar-refractivity contribution in [3.63, 3.8) is 0 Å². The van der Waals surface area contributed by atoms with Gasteiger partial charge in [0.15, 0.2) is 0 Å². The van der Waals surface area contributed by atoms with E-state index in [0.29, 0.717) is 12.5 Å². The molecule has 1 N–H and O–H groups in total. The van der Waals surface area contributed by atoms with E-state index >= 15 is 0 Å². The first-order valence-electron chi connectivity index (χ1n) is 10.0. The molecule has 0 aliphatic carbocycles. The van der Waals surface area contributed by atoms with E-state index in [2.05, 4.69) is 28.2 Å². The SMILES string of the molecule is CCS(=O)(=O)CCc1ccc2[nH]cc(C[C@H]3CCCN3CCCOC)c2c1. The summed E-state index contributed by atoms with van der Waals surface area (Å²) in [5.74, 6) is 0.440. The molecule has 2 aromatic rings. The van der Waals surface area contributed by atoms with Crippen LogP contribution in [-0.4, -0.2) is 62.7 Å². The van der Waals surface area contributed by atoms with Crippen LogP contribution in [0.5, 0.6) is 0 Å². The molecule has 1 aliphatic rings. The number of aromatic amines is 1. The van der Waals surface area contributed by atoms with Crippen molar-refractivity contribution in [2.45, 2.75) is 45.1 Å². The van der Waals surface area contributed by atoms with Crippen LogP contribution in [0.1, 0.15) is 37.3 Å². The summed E-state index contributed by atoms with van der Waals surface area (Å²) in [7, 11) is -1.17. The molecule has 1 fully saturated rings. The van der Waals surface area contributed by atoms with Gasteiger partial charge in [0.05, 0.1) is 5.75 Å². The van der Waals surface area contributed by atoms with Crippen LogP contribution in [0.25, 0.3) is 10.9 Å². The largest absolute Gasteiger partial charge is 0.385 e. The van der Waals surface area contributed by atoms with E-state index < -0.39 is 9.84 Å². The van der Waals surface area contributed by atoms with Gasteiger partial charge in [-0.05, 0) is 61.9 Å². The van der Waals surface area contributed by atoms with Crippen molar-refractivity contribution in [2.75, 3.05) is 38.3 Å². The van der Waals surface area contributed by atoms with E-state index in [1.54, 1.807) is 14.0 Å². The zero-order chi connectivity index (χ0) is 19.3. The predicted molar refractivity (Wildman–Crippen MR) is 111 cm³/mol. The fourth-order valence-electron chi connectivity index (χ4n) is 4.05. The standard InChI is InChI=1S/C21H32N2O3S/c1-3-27(24,25)13-9-17-7-8-21-20(14-17)18(16-22-21)15-19-6-4-10-23(19)11-5-12-26-2/h7-8,14,16,19,22H,3-6,9-13,15H2,1-2H3/t19-/m1/s1. The molecule has 0 amide bonds. The highest BCUT2D eigenvalue weighted by Crippen LogP contribution is 2.26. The number of aryl methyl sites for hydroxylation is 1. The van der Waals surface area contributed by atoms with Crippen LogP contribution >= 0.6 is 0 Å². The molecule has 0 saturated carbocycles. The van der Waals surface area contributed by atoms with Gasteiger partial charge in [0, 0.05) is 49.2 Å². The number of nitrogens with one attached hydrogen (secondary N) is 1. The molecule has 0 bridgehead atoms. The van der Waals surface area contributed by atoms with Crippen LogP contribution in [0.2, 0.25) is 0 Å². The summed E-state index contributed by atoms with van der Waals surface area (Å²) in [6.45, 7) is 4.81. The summed E-state index contributed by atoms with van der Waals surface area (Å²) in [6, 6.07) is 6.89. The van der Waals surface area contributed by atoms with Gasteiger partial charge in [-0.2, -0.15) is 0 Å². The maximum atomic E-state index is 11.8. The Labute approximate surface area is 163 Å². The smallest absolute Gasteiger partial charge is 0.150 e. The molecule has 0 radical (unpaired) electrons. The number of hydrogen-bond donors (Lipinski definition) is 1. The summed E-state index contributed by atoms with van der Waals surface area (Å²) < 4.78 is 28.8.